The van der Waals surface area contributed by atoms with Gasteiger partial charge in [-0.2, -0.15) is 18.4 Å². The van der Waals surface area contributed by atoms with Gasteiger partial charge in [-0.1, -0.05) is 0 Å². The van der Waals surface area contributed by atoms with E-state index in [2.05, 4.69) is 0 Å². The fourth-order valence-electron chi connectivity index (χ4n) is 3.17. The quantitative estimate of drug-likeness (QED) is 0.656. The van der Waals surface area contributed by atoms with Crippen LogP contribution in [0.2, 0.25) is 0 Å². The second-order valence-corrected chi connectivity index (χ2v) is 8.78. The van der Waals surface area contributed by atoms with Crippen molar-refractivity contribution in [3.05, 3.63) is 52.8 Å². The largest absolute Gasteiger partial charge is 0.483 e. The number of nitriles is 1. The number of alkyl halides is 5. The number of aliphatic hydroxyl groups is 1. The minimum absolute atomic E-state index is 0.165. The Hall–Kier alpha value is -2.78. The first-order valence-corrected chi connectivity index (χ1v) is 9.68. The molecule has 12 heteroatoms. The molecule has 1 aliphatic carbocycles. The summed E-state index contributed by atoms with van der Waals surface area (Å²) >= 11 is 0. The maximum Gasteiger partial charge on any atom is 0.483 e. The molecule has 0 radical (unpaired) electrons. The van der Waals surface area contributed by atoms with E-state index in [0.29, 0.717) is 13.0 Å². The lowest BCUT2D eigenvalue weighted by atomic mass is 9.96. The van der Waals surface area contributed by atoms with Crippen molar-refractivity contribution in [2.45, 2.75) is 35.3 Å². The van der Waals surface area contributed by atoms with Gasteiger partial charge in [-0.3, -0.25) is 0 Å². The van der Waals surface area contributed by atoms with E-state index in [4.69, 9.17) is 14.8 Å². The number of nitrogens with one attached hydrogen (secondary N) is 1. The summed E-state index contributed by atoms with van der Waals surface area (Å²) in [6.45, 7) is 0.550. The lowest BCUT2D eigenvalue weighted by Gasteiger charge is -2.28. The van der Waals surface area contributed by atoms with E-state index in [1.807, 2.05) is 0 Å². The molecule has 5 nitrogen and oxygen atoms in total. The molecule has 0 spiro atoms. The van der Waals surface area contributed by atoms with Gasteiger partial charge in [0.25, 0.3) is 5.92 Å². The van der Waals surface area contributed by atoms with Crippen molar-refractivity contribution < 1.29 is 40.4 Å². The van der Waals surface area contributed by atoms with Gasteiger partial charge in [0.15, 0.2) is 15.3 Å². The molecular weight excluding hydrogens is 438 g/mol. The van der Waals surface area contributed by atoms with Crippen molar-refractivity contribution in [1.29, 1.82) is 10.0 Å². The predicted octanol–water partition coefficient (Wildman–Crippen LogP) is 4.81. The molecule has 3 rings (SSSR count). The summed E-state index contributed by atoms with van der Waals surface area (Å²) in [5.74, 6) is -5.62. The zero-order chi connectivity index (χ0) is 22.7. The van der Waals surface area contributed by atoms with Gasteiger partial charge >= 0.3 is 5.51 Å². The topological polar surface area (TPSA) is 94.2 Å². The lowest BCUT2D eigenvalue weighted by Crippen LogP contribution is -2.40. The first kappa shape index (κ1) is 21.9. The normalized spacial score (nSPS) is 22.1. The van der Waals surface area contributed by atoms with Crippen LogP contribution in [-0.2, 0) is 21.8 Å². The van der Waals surface area contributed by atoms with E-state index in [9.17, 15) is 35.7 Å². The predicted molar refractivity (Wildman–Crippen MR) is 91.0 cm³/mol. The van der Waals surface area contributed by atoms with Gasteiger partial charge in [0.1, 0.15) is 17.3 Å². The highest BCUT2D eigenvalue weighted by molar-refractivity contribution is 7.93. The van der Waals surface area contributed by atoms with E-state index < -0.39 is 60.8 Å². The van der Waals surface area contributed by atoms with Gasteiger partial charge in [0, 0.05) is 23.6 Å². The van der Waals surface area contributed by atoms with Crippen LogP contribution in [0.15, 0.2) is 35.2 Å². The molecule has 0 bridgehead atoms. The van der Waals surface area contributed by atoms with Crippen LogP contribution in [0.3, 0.4) is 0 Å². The summed E-state index contributed by atoms with van der Waals surface area (Å²) in [4.78, 5) is -1.31. The third-order valence-corrected chi connectivity index (χ3v) is 6.30. The molecule has 2 aromatic rings. The Kier molecular flexibility index (Phi) is 4.83. The van der Waals surface area contributed by atoms with E-state index >= 15 is 0 Å². The summed E-state index contributed by atoms with van der Waals surface area (Å²) in [6.07, 6.45) is -1.27. The second-order valence-electron chi connectivity index (χ2n) is 6.76. The Bertz CT molecular complexity index is 1180. The Balaban J connectivity index is 2.25. The average molecular weight is 450 g/mol. The summed E-state index contributed by atoms with van der Waals surface area (Å²) in [5.41, 5.74) is -10.6. The fourth-order valence-corrected chi connectivity index (χ4v) is 4.28. The van der Waals surface area contributed by atoms with Crippen molar-refractivity contribution in [3.8, 4) is 17.6 Å². The molecule has 0 saturated heterocycles. The van der Waals surface area contributed by atoms with Crippen LogP contribution in [-0.4, -0.2) is 20.7 Å². The molecule has 0 fully saturated rings. The minimum atomic E-state index is -5.58. The number of hydrogen-bond donors (Lipinski definition) is 2. The van der Waals surface area contributed by atoms with Crippen LogP contribution in [0.25, 0.3) is 0 Å². The highest BCUT2D eigenvalue weighted by atomic mass is 32.2. The van der Waals surface area contributed by atoms with Crippen LogP contribution in [0.5, 0.6) is 11.5 Å². The number of hydrogen-bond acceptors (Lipinski definition) is 5. The summed E-state index contributed by atoms with van der Waals surface area (Å²) in [6, 6.07) is 5.70. The monoisotopic (exact) mass is 450 g/mol. The SMILES string of the molecule is C[C@]1(O)c2c(S(=N)(=O)C(F)(F)F)ccc(Oc3cc(F)cc(C#N)c3)c2CC1(F)F. The number of fused-ring (bicyclic) bond motifs is 1. The standard InChI is InChI=1S/C18H12F6N2O3S/c1-16(27)15-12(7-17(16,20)21)13(2-3-14(15)30(26,28)18(22,23)24)29-11-5-9(8-25)4-10(19)6-11/h2-6,26-27H,7H2,1H3/t16-,30?/m0/s1. The van der Waals surface area contributed by atoms with Crippen LogP contribution < -0.4 is 4.74 Å². The molecule has 1 aliphatic rings. The van der Waals surface area contributed by atoms with E-state index in [-0.39, 0.29) is 11.3 Å². The first-order chi connectivity index (χ1) is 13.6. The van der Waals surface area contributed by atoms with Crippen molar-refractivity contribution >= 4 is 9.73 Å². The maximum atomic E-state index is 14.4. The third kappa shape index (κ3) is 3.27. The molecule has 2 N–H and O–H groups in total. The zero-order valence-electron chi connectivity index (χ0n) is 15.0. The van der Waals surface area contributed by atoms with Gasteiger partial charge in [-0.05, 0) is 31.2 Å². The molecule has 2 atom stereocenters. The van der Waals surface area contributed by atoms with E-state index in [0.717, 1.165) is 24.3 Å². The molecule has 30 heavy (non-hydrogen) atoms. The number of ether oxygens (including phenoxy) is 1. The second kappa shape index (κ2) is 6.61. The summed E-state index contributed by atoms with van der Waals surface area (Å²) in [7, 11) is -5.58. The Labute approximate surface area is 166 Å². The number of rotatable bonds is 3. The van der Waals surface area contributed by atoms with Crippen molar-refractivity contribution in [1.82, 2.24) is 0 Å². The average Bonchev–Trinajstić information content (AvgIpc) is 2.79. The highest BCUT2D eigenvalue weighted by Crippen LogP contribution is 2.54. The molecule has 0 amide bonds. The van der Waals surface area contributed by atoms with E-state index in [1.54, 1.807) is 6.07 Å². The van der Waals surface area contributed by atoms with Crippen molar-refractivity contribution in [2.75, 3.05) is 0 Å². The number of halogens is 6. The molecule has 0 aliphatic heterocycles. The summed E-state index contributed by atoms with van der Waals surface area (Å²) < 4.78 is 107. The van der Waals surface area contributed by atoms with Gasteiger partial charge in [0.2, 0.25) is 0 Å². The van der Waals surface area contributed by atoms with Crippen LogP contribution in [0.4, 0.5) is 26.3 Å². The van der Waals surface area contributed by atoms with E-state index in [1.165, 1.54) is 0 Å². The number of nitrogens with zero attached hydrogens (tertiary/aromatic N) is 1. The first-order valence-electron chi connectivity index (χ1n) is 8.12. The number of benzene rings is 2. The Morgan fingerprint density at radius 2 is 1.90 bits per heavy atom. The molecule has 0 aromatic heterocycles. The maximum absolute atomic E-state index is 14.4. The van der Waals surface area contributed by atoms with Gasteiger partial charge in [-0.15, -0.1) is 0 Å². The molecule has 0 heterocycles. The van der Waals surface area contributed by atoms with Gasteiger partial charge in [0.05, 0.1) is 16.5 Å². The molecule has 0 saturated carbocycles. The Morgan fingerprint density at radius 1 is 1.27 bits per heavy atom. The highest BCUT2D eigenvalue weighted by Gasteiger charge is 2.60. The molecular formula is C18H12F6N2O3S. The smallest absolute Gasteiger partial charge is 0.457 e. The Morgan fingerprint density at radius 3 is 2.47 bits per heavy atom. The third-order valence-electron chi connectivity index (χ3n) is 4.69. The van der Waals surface area contributed by atoms with Crippen LogP contribution in [0, 0.1) is 21.9 Å². The van der Waals surface area contributed by atoms with Crippen molar-refractivity contribution in [3.63, 3.8) is 0 Å². The summed E-state index contributed by atoms with van der Waals surface area (Å²) in [5, 5.41) is 19.2. The molecule has 160 valence electrons. The van der Waals surface area contributed by atoms with Gasteiger partial charge in [-0.25, -0.2) is 22.2 Å². The van der Waals surface area contributed by atoms with Crippen molar-refractivity contribution in [2.24, 2.45) is 0 Å². The molecule has 1 unspecified atom stereocenters. The zero-order valence-corrected chi connectivity index (χ0v) is 15.8. The minimum Gasteiger partial charge on any atom is -0.457 e. The van der Waals surface area contributed by atoms with Crippen LogP contribution in [0.1, 0.15) is 23.6 Å². The molecule has 2 aromatic carbocycles. The van der Waals surface area contributed by atoms with Crippen LogP contribution >= 0.6 is 0 Å². The lowest BCUT2D eigenvalue weighted by molar-refractivity contribution is -0.165. The fraction of sp³-hybridized carbons (Fsp3) is 0.278. The van der Waals surface area contributed by atoms with Gasteiger partial charge < -0.3 is 9.84 Å².